The van der Waals surface area contributed by atoms with Crippen LogP contribution >= 0.6 is 11.8 Å². The quantitative estimate of drug-likeness (QED) is 0.213. The van der Waals surface area contributed by atoms with Gasteiger partial charge in [0.2, 0.25) is 0 Å². The fourth-order valence-corrected chi connectivity index (χ4v) is 8.00. The van der Waals surface area contributed by atoms with E-state index in [0.717, 1.165) is 24.9 Å². The highest BCUT2D eigenvalue weighted by molar-refractivity contribution is 8.00. The Hall–Kier alpha value is -4.79. The molecule has 5 aromatic rings. The summed E-state index contributed by atoms with van der Waals surface area (Å²) in [6, 6.07) is 46.1. The Morgan fingerprint density at radius 1 is 0.614 bits per heavy atom. The van der Waals surface area contributed by atoms with Crippen LogP contribution in [0.25, 0.3) is 39.0 Å². The van der Waals surface area contributed by atoms with Gasteiger partial charge < -0.3 is 5.32 Å². The van der Waals surface area contributed by atoms with Gasteiger partial charge in [-0.2, -0.15) is 0 Å². The average Bonchev–Trinajstić information content (AvgIpc) is 3.46. The van der Waals surface area contributed by atoms with E-state index in [1.807, 2.05) is 11.8 Å². The van der Waals surface area contributed by atoms with Gasteiger partial charge in [0.25, 0.3) is 0 Å². The summed E-state index contributed by atoms with van der Waals surface area (Å²) in [6.07, 6.45) is 12.5. The van der Waals surface area contributed by atoms with Crippen molar-refractivity contribution >= 4 is 23.0 Å². The standard InChI is InChI=1S/C42H33NS/c1-4-13-29(14-5-1)33-23-34(30-15-6-2-7-16-30)25-35(24-33)32-19-12-20-36(26-32)43-40-27-39-37-21-10-11-22-41(37)44-42(39)28-38(40)31-17-8-3-9-18-31/h1-8,10-17,19-27,42-43H,9,18,28H2. The Balaban J connectivity index is 1.20. The second kappa shape index (κ2) is 11.7. The number of nitrogens with one attached hydrogen (secondary N) is 1. The Morgan fingerprint density at radius 2 is 1.27 bits per heavy atom. The van der Waals surface area contributed by atoms with Crippen molar-refractivity contribution in [3.63, 3.8) is 0 Å². The Morgan fingerprint density at radius 3 is 1.98 bits per heavy atom. The smallest absolute Gasteiger partial charge is 0.0423 e. The number of hydrogen-bond donors (Lipinski definition) is 1. The number of fused-ring (bicyclic) bond motifs is 3. The molecule has 1 atom stereocenters. The molecule has 5 aromatic carbocycles. The lowest BCUT2D eigenvalue weighted by atomic mass is 9.85. The molecule has 0 amide bonds. The molecule has 1 heterocycles. The first-order valence-electron chi connectivity index (χ1n) is 15.5. The molecule has 0 saturated carbocycles. The van der Waals surface area contributed by atoms with Gasteiger partial charge in [-0.25, -0.2) is 0 Å². The lowest BCUT2D eigenvalue weighted by Gasteiger charge is -2.27. The number of allylic oxidation sites excluding steroid dienone is 6. The van der Waals surface area contributed by atoms with Gasteiger partial charge in [0.15, 0.2) is 0 Å². The molecule has 3 aliphatic rings. The summed E-state index contributed by atoms with van der Waals surface area (Å²) < 4.78 is 0. The van der Waals surface area contributed by atoms with E-state index in [1.54, 1.807) is 0 Å². The minimum absolute atomic E-state index is 0.475. The van der Waals surface area contributed by atoms with Crippen LogP contribution in [0.2, 0.25) is 0 Å². The summed E-state index contributed by atoms with van der Waals surface area (Å²) in [5, 5.41) is 4.38. The largest absolute Gasteiger partial charge is 0.355 e. The van der Waals surface area contributed by atoms with Gasteiger partial charge in [0.1, 0.15) is 0 Å². The highest BCUT2D eigenvalue weighted by Gasteiger charge is 2.33. The van der Waals surface area contributed by atoms with Crippen LogP contribution in [0.15, 0.2) is 173 Å². The lowest BCUT2D eigenvalue weighted by molar-refractivity contribution is 0.904. The molecule has 0 bridgehead atoms. The predicted octanol–water partition coefficient (Wildman–Crippen LogP) is 11.6. The predicted molar refractivity (Wildman–Crippen MR) is 189 cm³/mol. The second-order valence-electron chi connectivity index (χ2n) is 11.7. The van der Waals surface area contributed by atoms with Gasteiger partial charge in [0, 0.05) is 21.5 Å². The average molecular weight is 584 g/mol. The van der Waals surface area contributed by atoms with E-state index in [1.165, 1.54) is 66.3 Å². The monoisotopic (exact) mass is 583 g/mol. The summed E-state index contributed by atoms with van der Waals surface area (Å²) in [6.45, 7) is 0. The summed E-state index contributed by atoms with van der Waals surface area (Å²) in [5.74, 6) is 0. The van der Waals surface area contributed by atoms with Crippen molar-refractivity contribution in [1.29, 1.82) is 0 Å². The molecule has 1 N–H and O–H groups in total. The number of benzene rings is 5. The summed E-state index contributed by atoms with van der Waals surface area (Å²) in [5.41, 5.74) is 15.4. The van der Waals surface area contributed by atoms with Crippen LogP contribution in [0.4, 0.5) is 5.69 Å². The first kappa shape index (κ1) is 26.8. The zero-order valence-corrected chi connectivity index (χ0v) is 25.4. The van der Waals surface area contributed by atoms with Gasteiger partial charge in [0.05, 0.1) is 0 Å². The van der Waals surface area contributed by atoms with Gasteiger partial charge in [-0.15, -0.1) is 11.8 Å². The van der Waals surface area contributed by atoms with Crippen LogP contribution in [0.3, 0.4) is 0 Å². The molecule has 0 fully saturated rings. The fraction of sp³-hybridized carbons (Fsp3) is 0.0952. The van der Waals surface area contributed by atoms with E-state index < -0.39 is 0 Å². The third-order valence-corrected chi connectivity index (χ3v) is 10.2. The molecule has 2 heteroatoms. The highest BCUT2D eigenvalue weighted by Crippen LogP contribution is 2.51. The topological polar surface area (TPSA) is 12.0 Å². The minimum atomic E-state index is 0.475. The molecular weight excluding hydrogens is 551 g/mol. The van der Waals surface area contributed by atoms with Crippen molar-refractivity contribution in [2.75, 3.05) is 5.32 Å². The summed E-state index contributed by atoms with van der Waals surface area (Å²) in [7, 11) is 0. The molecule has 1 nitrogen and oxygen atoms in total. The van der Waals surface area contributed by atoms with Crippen molar-refractivity contribution in [2.45, 2.75) is 29.4 Å². The molecule has 0 radical (unpaired) electrons. The zero-order chi connectivity index (χ0) is 29.3. The van der Waals surface area contributed by atoms with Crippen molar-refractivity contribution in [1.82, 2.24) is 0 Å². The van der Waals surface area contributed by atoms with Gasteiger partial charge in [-0.1, -0.05) is 109 Å². The molecule has 0 saturated heterocycles. The van der Waals surface area contributed by atoms with E-state index in [9.17, 15) is 0 Å². The van der Waals surface area contributed by atoms with Crippen molar-refractivity contribution in [3.05, 3.63) is 174 Å². The maximum atomic E-state index is 3.90. The first-order chi connectivity index (χ1) is 21.8. The number of thioether (sulfide) groups is 1. The van der Waals surface area contributed by atoms with Gasteiger partial charge in [-0.05, 0) is 117 Å². The third-order valence-electron chi connectivity index (χ3n) is 8.85. The van der Waals surface area contributed by atoms with Crippen LogP contribution in [0.5, 0.6) is 0 Å². The van der Waals surface area contributed by atoms with Crippen LogP contribution in [0.1, 0.15) is 24.8 Å². The van der Waals surface area contributed by atoms with E-state index in [2.05, 4.69) is 157 Å². The molecule has 212 valence electrons. The molecule has 1 aliphatic heterocycles. The molecule has 8 rings (SSSR count). The Kier molecular flexibility index (Phi) is 7.14. The molecule has 0 aromatic heterocycles. The number of rotatable bonds is 6. The highest BCUT2D eigenvalue weighted by atomic mass is 32.2. The van der Waals surface area contributed by atoms with Crippen molar-refractivity contribution < 1.29 is 0 Å². The van der Waals surface area contributed by atoms with E-state index in [0.29, 0.717) is 5.25 Å². The van der Waals surface area contributed by atoms with Crippen LogP contribution in [0, 0.1) is 0 Å². The van der Waals surface area contributed by atoms with Gasteiger partial charge in [-0.3, -0.25) is 0 Å². The number of anilines is 1. The molecule has 0 spiro atoms. The van der Waals surface area contributed by atoms with Gasteiger partial charge >= 0.3 is 0 Å². The SMILES string of the molecule is C1=CCCC(C2=C(Nc3cccc(-c4cc(-c5ccccc5)cc(-c5ccccc5)c4)c3)C=C3c4ccccc4SC3C2)=C1. The van der Waals surface area contributed by atoms with Crippen LogP contribution in [-0.2, 0) is 0 Å². The maximum absolute atomic E-state index is 3.90. The molecule has 1 unspecified atom stereocenters. The van der Waals surface area contributed by atoms with E-state index in [4.69, 9.17) is 0 Å². The third kappa shape index (κ3) is 5.27. The van der Waals surface area contributed by atoms with E-state index in [-0.39, 0.29) is 0 Å². The molecular formula is C42H33NS. The Bertz CT molecular complexity index is 1920. The van der Waals surface area contributed by atoms with Crippen molar-refractivity contribution in [2.24, 2.45) is 0 Å². The minimum Gasteiger partial charge on any atom is -0.355 e. The normalized spacial score (nSPS) is 17.0. The molecule has 2 aliphatic carbocycles. The fourth-order valence-electron chi connectivity index (χ4n) is 6.65. The zero-order valence-electron chi connectivity index (χ0n) is 24.5. The van der Waals surface area contributed by atoms with Crippen molar-refractivity contribution in [3.8, 4) is 33.4 Å². The van der Waals surface area contributed by atoms with Crippen LogP contribution in [-0.4, -0.2) is 5.25 Å². The first-order valence-corrected chi connectivity index (χ1v) is 16.4. The van der Waals surface area contributed by atoms with E-state index >= 15 is 0 Å². The lowest BCUT2D eigenvalue weighted by Crippen LogP contribution is -2.15. The Labute approximate surface area is 264 Å². The molecule has 44 heavy (non-hydrogen) atoms. The van der Waals surface area contributed by atoms with Crippen LogP contribution < -0.4 is 5.32 Å². The summed E-state index contributed by atoms with van der Waals surface area (Å²) >= 11 is 2.02. The second-order valence-corrected chi connectivity index (χ2v) is 12.9. The summed E-state index contributed by atoms with van der Waals surface area (Å²) in [4.78, 5) is 1.40. The number of hydrogen-bond acceptors (Lipinski definition) is 2. The maximum Gasteiger partial charge on any atom is 0.0423 e.